The molecule has 0 unspecified atom stereocenters. The number of hydrogen-bond donors (Lipinski definition) is 0. The van der Waals surface area contributed by atoms with Crippen molar-refractivity contribution in [2.45, 2.75) is 70.2 Å². The van der Waals surface area contributed by atoms with Gasteiger partial charge in [-0.25, -0.2) is 8.42 Å². The molecule has 1 aliphatic rings. The van der Waals surface area contributed by atoms with Gasteiger partial charge in [-0.3, -0.25) is 4.79 Å². The number of nitrogens with zero attached hydrogens (tertiary/aromatic N) is 1. The summed E-state index contributed by atoms with van der Waals surface area (Å²) >= 11 is 0. The summed E-state index contributed by atoms with van der Waals surface area (Å²) in [6.07, 6.45) is 1.74. The summed E-state index contributed by atoms with van der Waals surface area (Å²) in [4.78, 5) is 14.8. The number of hydrogen-bond acceptors (Lipinski definition) is 4. The number of ether oxygens (including phenoxy) is 1. The first-order chi connectivity index (χ1) is 14.9. The molecule has 32 heavy (non-hydrogen) atoms. The molecule has 5 nitrogen and oxygen atoms in total. The number of carbonyl (C=O) groups is 1. The van der Waals surface area contributed by atoms with E-state index in [2.05, 4.69) is 0 Å². The van der Waals surface area contributed by atoms with Crippen LogP contribution in [0.3, 0.4) is 0 Å². The van der Waals surface area contributed by atoms with Gasteiger partial charge < -0.3 is 9.64 Å². The summed E-state index contributed by atoms with van der Waals surface area (Å²) in [5.74, 6) is 0.109. The summed E-state index contributed by atoms with van der Waals surface area (Å²) < 4.78 is 29.8. The maximum Gasteiger partial charge on any atom is 0.254 e. The molecule has 174 valence electrons. The highest BCUT2D eigenvalue weighted by atomic mass is 32.2. The highest BCUT2D eigenvalue weighted by molar-refractivity contribution is 7.91. The molecule has 0 N–H and O–H groups in total. The molecule has 1 heterocycles. The van der Waals surface area contributed by atoms with Crippen molar-refractivity contribution in [1.82, 2.24) is 4.90 Å². The standard InChI is InChI=1S/C26H35NO4S/c1-19-16-27(17-20(2)31-19)25(28)24-8-6-7-22(15-24)12-9-21-10-13-23(14-11-21)18-32(29,30)26(3,4)5/h6-8,10-11,13-15,19-20H,9,12,16-18H2,1-5H3/t19-,20+. The lowest BCUT2D eigenvalue weighted by molar-refractivity contribution is -0.0586. The Labute approximate surface area is 192 Å². The van der Waals surface area contributed by atoms with Gasteiger partial charge in [-0.15, -0.1) is 0 Å². The number of carbonyl (C=O) groups excluding carboxylic acids is 1. The Hall–Kier alpha value is -2.18. The molecule has 2 atom stereocenters. The van der Waals surface area contributed by atoms with E-state index in [-0.39, 0.29) is 23.9 Å². The van der Waals surface area contributed by atoms with E-state index in [9.17, 15) is 13.2 Å². The van der Waals surface area contributed by atoms with Gasteiger partial charge in [0, 0.05) is 18.7 Å². The monoisotopic (exact) mass is 457 g/mol. The third-order valence-electron chi connectivity index (χ3n) is 5.90. The average Bonchev–Trinajstić information content (AvgIpc) is 2.71. The maximum absolute atomic E-state index is 13.0. The minimum Gasteiger partial charge on any atom is -0.372 e. The predicted octanol–water partition coefficient (Wildman–Crippen LogP) is 4.43. The van der Waals surface area contributed by atoms with Gasteiger partial charge in [-0.05, 0) is 76.3 Å². The Balaban J connectivity index is 1.61. The van der Waals surface area contributed by atoms with Crippen molar-refractivity contribution in [3.63, 3.8) is 0 Å². The van der Waals surface area contributed by atoms with Crippen LogP contribution >= 0.6 is 0 Å². The Morgan fingerprint density at radius 1 is 0.938 bits per heavy atom. The van der Waals surface area contributed by atoms with Crippen LogP contribution in [0.5, 0.6) is 0 Å². The largest absolute Gasteiger partial charge is 0.372 e. The number of rotatable bonds is 6. The first-order valence-corrected chi connectivity index (χ1v) is 12.9. The summed E-state index contributed by atoms with van der Waals surface area (Å²) in [6.45, 7) is 10.4. The van der Waals surface area contributed by atoms with E-state index in [0.29, 0.717) is 18.7 Å². The van der Waals surface area contributed by atoms with Crippen LogP contribution in [0, 0.1) is 0 Å². The molecule has 0 aromatic heterocycles. The minimum atomic E-state index is -3.19. The third kappa shape index (κ3) is 6.20. The second kappa shape index (κ2) is 9.75. The quantitative estimate of drug-likeness (QED) is 0.644. The molecule has 2 aromatic rings. The van der Waals surface area contributed by atoms with Gasteiger partial charge in [-0.2, -0.15) is 0 Å². The van der Waals surface area contributed by atoms with Crippen molar-refractivity contribution in [3.05, 3.63) is 70.8 Å². The summed E-state index contributed by atoms with van der Waals surface area (Å²) in [6, 6.07) is 15.6. The number of morpholine rings is 1. The van der Waals surface area contributed by atoms with Crippen molar-refractivity contribution in [2.24, 2.45) is 0 Å². The third-order valence-corrected chi connectivity index (χ3v) is 8.48. The number of sulfone groups is 1. The van der Waals surface area contributed by atoms with Crippen molar-refractivity contribution in [2.75, 3.05) is 13.1 Å². The smallest absolute Gasteiger partial charge is 0.254 e. The molecule has 0 radical (unpaired) electrons. The van der Waals surface area contributed by atoms with E-state index < -0.39 is 14.6 Å². The first kappa shape index (κ1) is 24.5. The fourth-order valence-electron chi connectivity index (χ4n) is 3.91. The second-order valence-corrected chi connectivity index (χ2v) is 12.6. The van der Waals surface area contributed by atoms with E-state index in [1.54, 1.807) is 20.8 Å². The van der Waals surface area contributed by atoms with E-state index in [1.807, 2.05) is 67.3 Å². The molecule has 3 rings (SSSR count). The Kier molecular flexibility index (Phi) is 7.46. The second-order valence-electron chi connectivity index (χ2n) is 9.86. The van der Waals surface area contributed by atoms with Crippen LogP contribution in [0.15, 0.2) is 48.5 Å². The van der Waals surface area contributed by atoms with E-state index in [1.165, 1.54) is 0 Å². The Morgan fingerprint density at radius 3 is 2.09 bits per heavy atom. The van der Waals surface area contributed by atoms with E-state index >= 15 is 0 Å². The van der Waals surface area contributed by atoms with Crippen molar-refractivity contribution < 1.29 is 17.9 Å². The highest BCUT2D eigenvalue weighted by Gasteiger charge is 2.29. The van der Waals surface area contributed by atoms with Gasteiger partial charge >= 0.3 is 0 Å². The molecule has 1 fully saturated rings. The van der Waals surface area contributed by atoms with Crippen LogP contribution in [0.25, 0.3) is 0 Å². The van der Waals surface area contributed by atoms with Crippen LogP contribution in [-0.2, 0) is 33.2 Å². The van der Waals surface area contributed by atoms with Crippen LogP contribution in [-0.4, -0.2) is 49.3 Å². The lowest BCUT2D eigenvalue weighted by Gasteiger charge is -2.35. The molecule has 1 aliphatic heterocycles. The van der Waals surface area contributed by atoms with Gasteiger partial charge in [0.05, 0.1) is 22.7 Å². The molecular weight excluding hydrogens is 422 g/mol. The number of aryl methyl sites for hydroxylation is 2. The molecule has 2 aromatic carbocycles. The maximum atomic E-state index is 13.0. The van der Waals surface area contributed by atoms with E-state index in [0.717, 1.165) is 29.5 Å². The SMILES string of the molecule is C[C@@H]1CN(C(=O)c2cccc(CCc3ccc(CS(=O)(=O)C(C)(C)C)cc3)c2)C[C@H](C)O1. The molecule has 6 heteroatoms. The summed E-state index contributed by atoms with van der Waals surface area (Å²) in [5.41, 5.74) is 3.79. The first-order valence-electron chi connectivity index (χ1n) is 11.3. The molecule has 0 spiro atoms. The molecule has 1 saturated heterocycles. The lowest BCUT2D eigenvalue weighted by atomic mass is 10.0. The zero-order chi connectivity index (χ0) is 23.5. The summed E-state index contributed by atoms with van der Waals surface area (Å²) in [5, 5.41) is 0. The van der Waals surface area contributed by atoms with Gasteiger partial charge in [0.15, 0.2) is 9.84 Å². The van der Waals surface area contributed by atoms with Crippen LogP contribution in [0.2, 0.25) is 0 Å². The van der Waals surface area contributed by atoms with Crippen molar-refractivity contribution in [1.29, 1.82) is 0 Å². The average molecular weight is 458 g/mol. The minimum absolute atomic E-state index is 0.0484. The number of amides is 1. The van der Waals surface area contributed by atoms with Gasteiger partial charge in [-0.1, -0.05) is 36.4 Å². The van der Waals surface area contributed by atoms with Gasteiger partial charge in [0.2, 0.25) is 0 Å². The molecule has 0 aliphatic carbocycles. The molecule has 1 amide bonds. The molecular formula is C26H35NO4S. The fraction of sp³-hybridized carbons (Fsp3) is 0.500. The molecule has 0 saturated carbocycles. The van der Waals surface area contributed by atoms with Gasteiger partial charge in [0.25, 0.3) is 5.91 Å². The van der Waals surface area contributed by atoms with Crippen LogP contribution < -0.4 is 0 Å². The van der Waals surface area contributed by atoms with Gasteiger partial charge in [0.1, 0.15) is 0 Å². The lowest BCUT2D eigenvalue weighted by Crippen LogP contribution is -2.48. The number of benzene rings is 2. The Bertz CT molecular complexity index is 1030. The summed E-state index contributed by atoms with van der Waals surface area (Å²) in [7, 11) is -3.19. The zero-order valence-corrected chi connectivity index (χ0v) is 20.6. The van der Waals surface area contributed by atoms with Crippen molar-refractivity contribution >= 4 is 15.7 Å². The Morgan fingerprint density at radius 2 is 1.50 bits per heavy atom. The van der Waals surface area contributed by atoms with E-state index in [4.69, 9.17) is 4.74 Å². The highest BCUT2D eigenvalue weighted by Crippen LogP contribution is 2.21. The zero-order valence-electron chi connectivity index (χ0n) is 19.8. The predicted molar refractivity (Wildman–Crippen MR) is 129 cm³/mol. The van der Waals surface area contributed by atoms with Crippen molar-refractivity contribution in [3.8, 4) is 0 Å². The van der Waals surface area contributed by atoms with Crippen LogP contribution in [0.4, 0.5) is 0 Å². The van der Waals surface area contributed by atoms with Crippen LogP contribution in [0.1, 0.15) is 61.7 Å². The topological polar surface area (TPSA) is 63.7 Å². The fourth-order valence-corrected chi connectivity index (χ4v) is 4.98. The normalized spacial score (nSPS) is 19.7. The molecule has 0 bridgehead atoms.